The Bertz CT molecular complexity index is 536. The summed E-state index contributed by atoms with van der Waals surface area (Å²) < 4.78 is 39.3. The minimum absolute atomic E-state index is 0.0213. The zero-order valence-corrected chi connectivity index (χ0v) is 11.0. The van der Waals surface area contributed by atoms with Crippen molar-refractivity contribution in [3.63, 3.8) is 0 Å². The summed E-state index contributed by atoms with van der Waals surface area (Å²) >= 11 is 0. The molecule has 0 aliphatic carbocycles. The smallest absolute Gasteiger partial charge is 0.391 e. The van der Waals surface area contributed by atoms with Crippen molar-refractivity contribution in [1.29, 1.82) is 5.26 Å². The monoisotopic (exact) mass is 284 g/mol. The molecule has 0 spiro atoms. The molecule has 6 heteroatoms. The summed E-state index contributed by atoms with van der Waals surface area (Å²) in [6, 6.07) is 5.26. The highest BCUT2D eigenvalue weighted by atomic mass is 19.4. The van der Waals surface area contributed by atoms with Crippen molar-refractivity contribution in [2.24, 2.45) is 5.92 Å². The van der Waals surface area contributed by atoms with Gasteiger partial charge in [-0.25, -0.2) is 0 Å². The molecule has 2 atom stereocenters. The van der Waals surface area contributed by atoms with Crippen LogP contribution in [0.4, 0.5) is 18.9 Å². The van der Waals surface area contributed by atoms with Gasteiger partial charge in [0.15, 0.2) is 0 Å². The van der Waals surface area contributed by atoms with Crippen LogP contribution in [0.2, 0.25) is 0 Å². The van der Waals surface area contributed by atoms with Crippen LogP contribution in [0.5, 0.6) is 0 Å². The molecule has 2 rings (SSSR count). The molecular formula is C14H15F3N2O. The highest BCUT2D eigenvalue weighted by Gasteiger charge is 2.36. The average molecular weight is 284 g/mol. The number of anilines is 1. The Morgan fingerprint density at radius 2 is 2.10 bits per heavy atom. The highest BCUT2D eigenvalue weighted by molar-refractivity contribution is 5.58. The van der Waals surface area contributed by atoms with Crippen LogP contribution in [-0.4, -0.2) is 24.3 Å². The van der Waals surface area contributed by atoms with Crippen LogP contribution >= 0.6 is 0 Å². The largest absolute Gasteiger partial charge is 0.418 e. The average Bonchev–Trinajstić information content (AvgIpc) is 2.40. The van der Waals surface area contributed by atoms with Crippen molar-refractivity contribution in [3.05, 3.63) is 29.3 Å². The van der Waals surface area contributed by atoms with Crippen molar-refractivity contribution in [3.8, 4) is 6.07 Å². The molecule has 1 aromatic carbocycles. The second-order valence-corrected chi connectivity index (χ2v) is 5.12. The van der Waals surface area contributed by atoms with E-state index in [4.69, 9.17) is 5.26 Å². The molecule has 108 valence electrons. The van der Waals surface area contributed by atoms with Crippen molar-refractivity contribution < 1.29 is 18.3 Å². The van der Waals surface area contributed by atoms with Gasteiger partial charge in [0.05, 0.1) is 23.3 Å². The Balaban J connectivity index is 2.39. The van der Waals surface area contributed by atoms with E-state index in [-0.39, 0.29) is 23.7 Å². The Morgan fingerprint density at radius 3 is 2.65 bits per heavy atom. The summed E-state index contributed by atoms with van der Waals surface area (Å²) in [5, 5.41) is 18.6. The number of rotatable bonds is 1. The Morgan fingerprint density at radius 1 is 1.40 bits per heavy atom. The van der Waals surface area contributed by atoms with Crippen molar-refractivity contribution in [2.75, 3.05) is 18.0 Å². The second-order valence-electron chi connectivity index (χ2n) is 5.12. The number of nitriles is 1. The van der Waals surface area contributed by atoms with E-state index in [2.05, 4.69) is 0 Å². The quantitative estimate of drug-likeness (QED) is 0.862. The maximum absolute atomic E-state index is 13.1. The van der Waals surface area contributed by atoms with Crippen LogP contribution in [-0.2, 0) is 6.18 Å². The molecule has 0 amide bonds. The Hall–Kier alpha value is -1.74. The molecule has 0 saturated carbocycles. The number of β-amino-alcohol motifs (C(OH)–C–C–N with tert-alkyl or cyclic N) is 1. The predicted molar refractivity (Wildman–Crippen MR) is 68.2 cm³/mol. The summed E-state index contributed by atoms with van der Waals surface area (Å²) in [4.78, 5) is 1.54. The summed E-state index contributed by atoms with van der Waals surface area (Å²) in [5.41, 5.74) is -0.812. The summed E-state index contributed by atoms with van der Waals surface area (Å²) in [7, 11) is 0. The summed E-state index contributed by atoms with van der Waals surface area (Å²) in [6.07, 6.45) is -4.52. The first-order chi connectivity index (χ1) is 9.32. The van der Waals surface area contributed by atoms with Crippen molar-refractivity contribution in [1.82, 2.24) is 0 Å². The first-order valence-electron chi connectivity index (χ1n) is 6.37. The minimum atomic E-state index is -4.52. The van der Waals surface area contributed by atoms with E-state index in [1.54, 1.807) is 6.07 Å². The van der Waals surface area contributed by atoms with Crippen LogP contribution in [0.25, 0.3) is 0 Å². The second kappa shape index (κ2) is 5.33. The van der Waals surface area contributed by atoms with Gasteiger partial charge in [-0.1, -0.05) is 6.92 Å². The van der Waals surface area contributed by atoms with Gasteiger partial charge in [0.2, 0.25) is 0 Å². The van der Waals surface area contributed by atoms with Gasteiger partial charge in [-0.3, -0.25) is 0 Å². The molecule has 1 aliphatic heterocycles. The molecule has 0 aromatic heterocycles. The first-order valence-corrected chi connectivity index (χ1v) is 6.37. The van der Waals surface area contributed by atoms with E-state index in [1.165, 1.54) is 17.0 Å². The van der Waals surface area contributed by atoms with E-state index in [0.29, 0.717) is 13.0 Å². The fourth-order valence-corrected chi connectivity index (χ4v) is 2.38. The molecule has 2 unspecified atom stereocenters. The van der Waals surface area contributed by atoms with Crippen LogP contribution in [0.3, 0.4) is 0 Å². The molecule has 1 fully saturated rings. The lowest BCUT2D eigenvalue weighted by molar-refractivity contribution is -0.137. The number of piperidine rings is 1. The van der Waals surface area contributed by atoms with Crippen LogP contribution < -0.4 is 4.90 Å². The van der Waals surface area contributed by atoms with Gasteiger partial charge in [-0.05, 0) is 30.5 Å². The molecule has 1 heterocycles. The zero-order chi connectivity index (χ0) is 14.9. The third-order valence-electron chi connectivity index (χ3n) is 3.69. The molecule has 0 bridgehead atoms. The van der Waals surface area contributed by atoms with E-state index < -0.39 is 17.8 Å². The van der Waals surface area contributed by atoms with E-state index in [9.17, 15) is 18.3 Å². The molecule has 1 N–H and O–H groups in total. The fraction of sp³-hybridized carbons (Fsp3) is 0.500. The zero-order valence-electron chi connectivity index (χ0n) is 11.0. The lowest BCUT2D eigenvalue weighted by atomic mass is 9.95. The molecule has 3 nitrogen and oxygen atoms in total. The maximum Gasteiger partial charge on any atom is 0.418 e. The number of hydrogen-bond acceptors (Lipinski definition) is 3. The van der Waals surface area contributed by atoms with Gasteiger partial charge < -0.3 is 10.0 Å². The van der Waals surface area contributed by atoms with E-state index >= 15 is 0 Å². The van der Waals surface area contributed by atoms with Gasteiger partial charge >= 0.3 is 6.18 Å². The molecule has 1 aliphatic rings. The SMILES string of the molecule is CC1CCN(c2ccc(C#N)cc2C(F)(F)F)CC1O. The van der Waals surface area contributed by atoms with Gasteiger partial charge in [0.25, 0.3) is 0 Å². The van der Waals surface area contributed by atoms with Gasteiger partial charge in [0, 0.05) is 18.8 Å². The van der Waals surface area contributed by atoms with Gasteiger partial charge in [-0.15, -0.1) is 0 Å². The predicted octanol–water partition coefficient (Wildman–Crippen LogP) is 2.78. The highest BCUT2D eigenvalue weighted by Crippen LogP contribution is 2.38. The van der Waals surface area contributed by atoms with Crippen molar-refractivity contribution >= 4 is 5.69 Å². The summed E-state index contributed by atoms with van der Waals surface area (Å²) in [5.74, 6) is 0.0824. The number of nitrogens with zero attached hydrogens (tertiary/aromatic N) is 2. The number of hydrogen-bond donors (Lipinski definition) is 1. The van der Waals surface area contributed by atoms with E-state index in [1.807, 2.05) is 6.92 Å². The molecule has 1 aromatic rings. The number of aliphatic hydroxyl groups is 1. The van der Waals surface area contributed by atoms with Gasteiger partial charge in [-0.2, -0.15) is 18.4 Å². The Kier molecular flexibility index (Phi) is 3.91. The first kappa shape index (κ1) is 14.7. The molecular weight excluding hydrogens is 269 g/mol. The van der Waals surface area contributed by atoms with Crippen LogP contribution in [0, 0.1) is 17.2 Å². The third kappa shape index (κ3) is 2.88. The number of halogens is 3. The third-order valence-corrected chi connectivity index (χ3v) is 3.69. The normalized spacial score (nSPS) is 23.5. The van der Waals surface area contributed by atoms with E-state index in [0.717, 1.165) is 6.07 Å². The number of alkyl halides is 3. The van der Waals surface area contributed by atoms with Crippen molar-refractivity contribution in [2.45, 2.75) is 25.6 Å². The number of aliphatic hydroxyl groups excluding tert-OH is 1. The lowest BCUT2D eigenvalue weighted by Crippen LogP contribution is -2.43. The fourth-order valence-electron chi connectivity index (χ4n) is 2.38. The standard InChI is InChI=1S/C14H15F3N2O/c1-9-4-5-19(8-13(9)20)12-3-2-10(7-18)6-11(12)14(15,16)17/h2-3,6,9,13,20H,4-5,8H2,1H3. The lowest BCUT2D eigenvalue weighted by Gasteiger charge is -2.37. The molecule has 1 saturated heterocycles. The maximum atomic E-state index is 13.1. The summed E-state index contributed by atoms with van der Waals surface area (Å²) in [6.45, 7) is 2.52. The molecule has 20 heavy (non-hydrogen) atoms. The van der Waals surface area contributed by atoms with Crippen LogP contribution in [0.1, 0.15) is 24.5 Å². The van der Waals surface area contributed by atoms with Gasteiger partial charge in [0.1, 0.15) is 0 Å². The Labute approximate surface area is 115 Å². The topological polar surface area (TPSA) is 47.3 Å². The minimum Gasteiger partial charge on any atom is -0.391 e. The van der Waals surface area contributed by atoms with Crippen LogP contribution in [0.15, 0.2) is 18.2 Å². The number of benzene rings is 1. The molecule has 0 radical (unpaired) electrons.